The number of fused-ring (bicyclic) bond motifs is 1. The summed E-state index contributed by atoms with van der Waals surface area (Å²) in [6.07, 6.45) is -0.653. The van der Waals surface area contributed by atoms with E-state index in [1.165, 1.54) is 4.57 Å². The molecule has 0 saturated carbocycles. The van der Waals surface area contributed by atoms with Crippen LogP contribution in [0.4, 0.5) is 5.95 Å². The van der Waals surface area contributed by atoms with Crippen LogP contribution in [0.15, 0.2) is 58.4 Å². The normalized spacial score (nSPS) is 11.6. The van der Waals surface area contributed by atoms with Gasteiger partial charge in [-0.05, 0) is 47.4 Å². The first kappa shape index (κ1) is 21.8. The highest BCUT2D eigenvalue weighted by atomic mass is 16.5. The van der Waals surface area contributed by atoms with Gasteiger partial charge in [-0.3, -0.25) is 9.36 Å². The van der Waals surface area contributed by atoms with Gasteiger partial charge in [0.2, 0.25) is 0 Å². The zero-order valence-corrected chi connectivity index (χ0v) is 16.8. The predicted octanol–water partition coefficient (Wildman–Crippen LogP) is 3.45. The van der Waals surface area contributed by atoms with E-state index in [4.69, 9.17) is 15.0 Å². The number of rotatable bonds is 10. The lowest BCUT2D eigenvalue weighted by Gasteiger charge is -2.13. The molecule has 1 aromatic heterocycles. The van der Waals surface area contributed by atoms with E-state index in [-0.39, 0.29) is 31.1 Å². The fourth-order valence-corrected chi connectivity index (χ4v) is 3.08. The van der Waals surface area contributed by atoms with Crippen molar-refractivity contribution in [3.63, 3.8) is 0 Å². The fraction of sp³-hybridized carbons (Fsp3) is 0.286. The third-order valence-corrected chi connectivity index (χ3v) is 4.55. The molecule has 3 rings (SSSR count). The molecule has 0 spiro atoms. The third kappa shape index (κ3) is 5.39. The van der Waals surface area contributed by atoms with E-state index in [9.17, 15) is 14.7 Å². The van der Waals surface area contributed by atoms with E-state index < -0.39 is 12.1 Å². The van der Waals surface area contributed by atoms with Crippen molar-refractivity contribution in [1.29, 1.82) is 0 Å². The number of hydrogen-bond donors (Lipinski definition) is 1. The molecule has 0 amide bonds. The summed E-state index contributed by atoms with van der Waals surface area (Å²) in [5.74, 6) is -0.479. The Bertz CT molecular complexity index is 1170. The number of para-hydroxylation sites is 1. The minimum atomic E-state index is -1.01. The lowest BCUT2D eigenvalue weighted by Crippen LogP contribution is -2.26. The highest BCUT2D eigenvalue weighted by Crippen LogP contribution is 2.16. The maximum absolute atomic E-state index is 12.7. The van der Waals surface area contributed by atoms with Gasteiger partial charge >= 0.3 is 5.97 Å². The van der Waals surface area contributed by atoms with Crippen molar-refractivity contribution in [1.82, 2.24) is 9.55 Å². The summed E-state index contributed by atoms with van der Waals surface area (Å²) in [6.45, 7) is 2.34. The molecule has 1 atom stereocenters. The van der Waals surface area contributed by atoms with Crippen LogP contribution in [0.2, 0.25) is 0 Å². The Hall–Kier alpha value is -3.88. The highest BCUT2D eigenvalue weighted by Gasteiger charge is 2.17. The zero-order chi connectivity index (χ0) is 22.2. The monoisotopic (exact) mass is 423 g/mol. The molecular weight excluding hydrogens is 402 g/mol. The van der Waals surface area contributed by atoms with Gasteiger partial charge in [0.15, 0.2) is 12.1 Å². The second-order valence-corrected chi connectivity index (χ2v) is 6.55. The molecule has 0 aliphatic rings. The third-order valence-electron chi connectivity index (χ3n) is 4.55. The van der Waals surface area contributed by atoms with Gasteiger partial charge < -0.3 is 14.6 Å². The predicted molar refractivity (Wildman–Crippen MR) is 113 cm³/mol. The first-order valence-corrected chi connectivity index (χ1v) is 9.64. The van der Waals surface area contributed by atoms with Crippen molar-refractivity contribution >= 4 is 22.8 Å². The maximum Gasteiger partial charge on any atom is 0.333 e. The zero-order valence-electron chi connectivity index (χ0n) is 16.8. The number of azide groups is 1. The number of carboxylic acids is 1. The summed E-state index contributed by atoms with van der Waals surface area (Å²) in [5, 5.41) is 13.1. The largest absolute Gasteiger partial charge is 0.492 e. The van der Waals surface area contributed by atoms with Gasteiger partial charge in [0, 0.05) is 17.9 Å². The van der Waals surface area contributed by atoms with Gasteiger partial charge in [-0.1, -0.05) is 24.3 Å². The molecule has 0 unspecified atom stereocenters. The van der Waals surface area contributed by atoms with Crippen LogP contribution in [0.5, 0.6) is 5.75 Å². The average molecular weight is 423 g/mol. The van der Waals surface area contributed by atoms with Crippen LogP contribution >= 0.6 is 0 Å². The van der Waals surface area contributed by atoms with Crippen LogP contribution in [0.25, 0.3) is 21.3 Å². The molecule has 0 radical (unpaired) electrons. The molecule has 0 aliphatic carbocycles. The molecule has 0 aliphatic heterocycles. The maximum atomic E-state index is 12.7. The quantitative estimate of drug-likeness (QED) is 0.301. The Morgan fingerprint density at radius 3 is 2.68 bits per heavy atom. The van der Waals surface area contributed by atoms with Crippen LogP contribution in [0.1, 0.15) is 12.5 Å². The number of benzene rings is 2. The summed E-state index contributed by atoms with van der Waals surface area (Å²) < 4.78 is 12.2. The van der Waals surface area contributed by atoms with E-state index >= 15 is 0 Å². The van der Waals surface area contributed by atoms with Crippen molar-refractivity contribution in [2.75, 3.05) is 13.2 Å². The van der Waals surface area contributed by atoms with E-state index in [1.807, 2.05) is 0 Å². The van der Waals surface area contributed by atoms with Crippen molar-refractivity contribution in [3.05, 3.63) is 74.9 Å². The summed E-state index contributed by atoms with van der Waals surface area (Å²) in [7, 11) is 0. The lowest BCUT2D eigenvalue weighted by molar-refractivity contribution is -0.149. The summed E-state index contributed by atoms with van der Waals surface area (Å²) in [6, 6.07) is 13.8. The molecule has 3 aromatic rings. The molecule has 2 aromatic carbocycles. The standard InChI is InChI=1S/C21H21N5O5/c1-2-30-18(20(28)29)13-14-7-9-15(10-8-14)31-12-11-26-19(27)16-5-3-4-6-17(16)23-21(26)24-25-22/h3-10,18H,2,11-13H2,1H3,(H,28,29)/t18-/m0/s1. The molecule has 0 fully saturated rings. The number of aliphatic carboxylic acids is 1. The summed E-state index contributed by atoms with van der Waals surface area (Å²) >= 11 is 0. The smallest absolute Gasteiger partial charge is 0.333 e. The van der Waals surface area contributed by atoms with E-state index in [0.29, 0.717) is 23.3 Å². The second kappa shape index (κ2) is 10.2. The van der Waals surface area contributed by atoms with Crippen molar-refractivity contribution in [2.24, 2.45) is 5.11 Å². The minimum absolute atomic E-state index is 0.0271. The molecule has 160 valence electrons. The molecule has 1 heterocycles. The van der Waals surface area contributed by atoms with Gasteiger partial charge in [-0.2, -0.15) is 0 Å². The van der Waals surface area contributed by atoms with Crippen molar-refractivity contribution in [2.45, 2.75) is 26.0 Å². The topological polar surface area (TPSA) is 139 Å². The van der Waals surface area contributed by atoms with Gasteiger partial charge in [0.1, 0.15) is 12.4 Å². The first-order valence-electron chi connectivity index (χ1n) is 9.64. The fourth-order valence-electron chi connectivity index (χ4n) is 3.08. The molecule has 10 nitrogen and oxygen atoms in total. The van der Waals surface area contributed by atoms with Crippen LogP contribution in [0, 0.1) is 0 Å². The number of carboxylic acid groups (broad SMARTS) is 1. The molecule has 10 heteroatoms. The molecule has 31 heavy (non-hydrogen) atoms. The Balaban J connectivity index is 1.69. The number of carbonyl (C=O) groups is 1. The first-order chi connectivity index (χ1) is 15.0. The number of ether oxygens (including phenoxy) is 2. The Labute approximate surface area is 177 Å². The van der Waals surface area contributed by atoms with Gasteiger partial charge in [-0.25, -0.2) is 9.78 Å². The van der Waals surface area contributed by atoms with Crippen LogP contribution in [-0.2, 0) is 22.5 Å². The van der Waals surface area contributed by atoms with Crippen molar-refractivity contribution in [3.8, 4) is 5.75 Å². The Morgan fingerprint density at radius 1 is 1.26 bits per heavy atom. The van der Waals surface area contributed by atoms with Crippen LogP contribution in [0.3, 0.4) is 0 Å². The number of aromatic nitrogens is 2. The van der Waals surface area contributed by atoms with E-state index in [1.54, 1.807) is 55.5 Å². The number of hydrogen-bond acceptors (Lipinski definition) is 6. The van der Waals surface area contributed by atoms with Gasteiger partial charge in [0.05, 0.1) is 17.4 Å². The van der Waals surface area contributed by atoms with Gasteiger partial charge in [-0.15, -0.1) is 0 Å². The minimum Gasteiger partial charge on any atom is -0.492 e. The molecular formula is C21H21N5O5. The molecule has 0 bridgehead atoms. The highest BCUT2D eigenvalue weighted by molar-refractivity contribution is 5.78. The Kier molecular flexibility index (Phi) is 7.21. The van der Waals surface area contributed by atoms with Crippen LogP contribution in [-0.4, -0.2) is 39.9 Å². The second-order valence-electron chi connectivity index (χ2n) is 6.55. The molecule has 1 N–H and O–H groups in total. The van der Waals surface area contributed by atoms with E-state index in [2.05, 4.69) is 15.0 Å². The van der Waals surface area contributed by atoms with Crippen molar-refractivity contribution < 1.29 is 19.4 Å². The van der Waals surface area contributed by atoms with Gasteiger partial charge in [0.25, 0.3) is 5.56 Å². The summed E-state index contributed by atoms with van der Waals surface area (Å²) in [4.78, 5) is 31.0. The van der Waals surface area contributed by atoms with Crippen LogP contribution < -0.4 is 10.3 Å². The number of nitrogens with zero attached hydrogens (tertiary/aromatic N) is 5. The Morgan fingerprint density at radius 2 is 2.00 bits per heavy atom. The molecule has 0 saturated heterocycles. The summed E-state index contributed by atoms with van der Waals surface area (Å²) in [5.41, 5.74) is 9.73. The average Bonchev–Trinajstić information content (AvgIpc) is 2.77. The SMILES string of the molecule is CCO[C@@H](Cc1ccc(OCCn2c(N=[N+]=[N-])nc3ccccc3c2=O)cc1)C(=O)O. The van der Waals surface area contributed by atoms with E-state index in [0.717, 1.165) is 5.56 Å². The lowest BCUT2D eigenvalue weighted by atomic mass is 10.1.